The Hall–Kier alpha value is -1.95. The molecule has 0 bridgehead atoms. The number of carboxylic acids is 1. The van der Waals surface area contributed by atoms with Crippen LogP contribution in [0.5, 0.6) is 0 Å². The molecule has 1 aliphatic rings. The Morgan fingerprint density at radius 3 is 2.83 bits per heavy atom. The minimum atomic E-state index is -1.17. The molecular weight excluding hydrogens is 236 g/mol. The number of carboxylic acid groups (broad SMARTS) is 1. The molecule has 18 heavy (non-hydrogen) atoms. The van der Waals surface area contributed by atoms with Crippen LogP contribution in [-0.4, -0.2) is 27.6 Å². The summed E-state index contributed by atoms with van der Waals surface area (Å²) in [6, 6.07) is -1.12. The third kappa shape index (κ3) is 4.50. The van der Waals surface area contributed by atoms with Crippen molar-refractivity contribution in [1.29, 1.82) is 0 Å². The zero-order valence-electron chi connectivity index (χ0n) is 10.1. The number of allylic oxidation sites excluding steroid dienone is 3. The molecule has 0 aromatic carbocycles. The molecule has 1 rings (SSSR count). The average molecular weight is 252 g/mol. The Bertz CT molecular complexity index is 435. The van der Waals surface area contributed by atoms with Crippen molar-refractivity contribution in [2.75, 3.05) is 0 Å². The number of hydrogen-bond donors (Lipinski definition) is 2. The minimum Gasteiger partial charge on any atom is -0.481 e. The van der Waals surface area contributed by atoms with E-state index in [9.17, 15) is 14.9 Å². The van der Waals surface area contributed by atoms with Gasteiger partial charge in [-0.05, 0) is 12.5 Å². The first-order chi connectivity index (χ1) is 8.30. The van der Waals surface area contributed by atoms with E-state index in [0.717, 1.165) is 0 Å². The predicted octanol–water partition coefficient (Wildman–Crippen LogP) is 1.27. The number of nitrogens with zero attached hydrogens (tertiary/aromatic N) is 1. The van der Waals surface area contributed by atoms with Crippen LogP contribution in [0, 0.1) is 10.1 Å². The van der Waals surface area contributed by atoms with Gasteiger partial charge < -0.3 is 10.8 Å². The Kier molecular flexibility index (Phi) is 4.38. The van der Waals surface area contributed by atoms with Gasteiger partial charge in [0.05, 0.1) is 5.54 Å². The molecule has 6 nitrogen and oxygen atoms in total. The average Bonchev–Trinajstić information content (AvgIpc) is 2.38. The van der Waals surface area contributed by atoms with Crippen molar-refractivity contribution < 1.29 is 14.8 Å². The highest BCUT2D eigenvalue weighted by atomic mass is 16.6. The van der Waals surface area contributed by atoms with Gasteiger partial charge in [0.25, 0.3) is 0 Å². The molecule has 0 amide bonds. The van der Waals surface area contributed by atoms with E-state index in [0.29, 0.717) is 5.57 Å². The van der Waals surface area contributed by atoms with Crippen LogP contribution >= 0.6 is 0 Å². The van der Waals surface area contributed by atoms with Crippen molar-refractivity contribution >= 4 is 5.97 Å². The number of carbonyl (C=O) groups is 1. The van der Waals surface area contributed by atoms with Gasteiger partial charge >= 0.3 is 5.97 Å². The van der Waals surface area contributed by atoms with E-state index in [4.69, 9.17) is 10.8 Å². The molecule has 0 fully saturated rings. The number of aliphatic carboxylic acids is 1. The van der Waals surface area contributed by atoms with Crippen LogP contribution in [-0.2, 0) is 4.79 Å². The summed E-state index contributed by atoms with van der Waals surface area (Å²) >= 11 is 0. The lowest BCUT2D eigenvalue weighted by Crippen LogP contribution is -2.30. The van der Waals surface area contributed by atoms with Gasteiger partial charge in [0.2, 0.25) is 6.04 Å². The lowest BCUT2D eigenvalue weighted by Gasteiger charge is -2.13. The van der Waals surface area contributed by atoms with E-state index in [1.807, 2.05) is 0 Å². The van der Waals surface area contributed by atoms with E-state index < -0.39 is 28.9 Å². The monoisotopic (exact) mass is 252 g/mol. The van der Waals surface area contributed by atoms with Crippen LogP contribution < -0.4 is 5.73 Å². The summed E-state index contributed by atoms with van der Waals surface area (Å²) in [5.74, 6) is -1.17. The molecule has 0 saturated carbocycles. The summed E-state index contributed by atoms with van der Waals surface area (Å²) in [5, 5.41) is 19.4. The molecule has 0 radical (unpaired) electrons. The summed E-state index contributed by atoms with van der Waals surface area (Å²) in [4.78, 5) is 20.8. The largest absolute Gasteiger partial charge is 0.481 e. The molecule has 1 aliphatic carbocycles. The van der Waals surface area contributed by atoms with Gasteiger partial charge in [-0.1, -0.05) is 30.4 Å². The van der Waals surface area contributed by atoms with Gasteiger partial charge in [-0.3, -0.25) is 14.9 Å². The fraction of sp³-hybridized carbons (Fsp3) is 0.417. The second-order valence-corrected chi connectivity index (χ2v) is 4.54. The normalized spacial score (nSPS) is 24.2. The highest BCUT2D eigenvalue weighted by Gasteiger charge is 2.25. The lowest BCUT2D eigenvalue weighted by molar-refractivity contribution is -0.521. The molecule has 0 spiro atoms. The second-order valence-electron chi connectivity index (χ2n) is 4.54. The molecule has 2 unspecified atom stereocenters. The molecule has 0 aromatic rings. The third-order valence-corrected chi connectivity index (χ3v) is 2.60. The number of hydrogen-bond acceptors (Lipinski definition) is 4. The molecule has 0 aliphatic heterocycles. The van der Waals surface area contributed by atoms with Gasteiger partial charge in [-0.15, -0.1) is 0 Å². The summed E-state index contributed by atoms with van der Waals surface area (Å²) in [5.41, 5.74) is 5.99. The maximum Gasteiger partial charge on any atom is 0.310 e. The van der Waals surface area contributed by atoms with Gasteiger partial charge in [0.15, 0.2) is 0 Å². The van der Waals surface area contributed by atoms with Crippen molar-refractivity contribution in [2.24, 2.45) is 5.73 Å². The topological polar surface area (TPSA) is 106 Å². The Balaban J connectivity index is 2.77. The number of nitrogens with two attached hydrogens (primary N) is 1. The molecule has 2 atom stereocenters. The highest BCUT2D eigenvalue weighted by Crippen LogP contribution is 2.18. The van der Waals surface area contributed by atoms with E-state index in [2.05, 4.69) is 0 Å². The van der Waals surface area contributed by atoms with Gasteiger partial charge in [0.1, 0.15) is 6.42 Å². The zero-order valence-corrected chi connectivity index (χ0v) is 10.1. The SMILES string of the molecule is CC1(N)C=CC=C(CC(CC(=O)O)[N+](=O)[O-])C=C1. The Morgan fingerprint density at radius 1 is 1.61 bits per heavy atom. The lowest BCUT2D eigenvalue weighted by atomic mass is 10.0. The van der Waals surface area contributed by atoms with Crippen LogP contribution in [0.3, 0.4) is 0 Å². The zero-order chi connectivity index (χ0) is 13.8. The van der Waals surface area contributed by atoms with E-state index in [1.165, 1.54) is 0 Å². The van der Waals surface area contributed by atoms with Crippen molar-refractivity contribution in [3.05, 3.63) is 46.1 Å². The van der Waals surface area contributed by atoms with Crippen LogP contribution in [0.25, 0.3) is 0 Å². The van der Waals surface area contributed by atoms with E-state index in [-0.39, 0.29) is 6.42 Å². The van der Waals surface area contributed by atoms with Crippen LogP contribution in [0.2, 0.25) is 0 Å². The molecule has 0 saturated heterocycles. The van der Waals surface area contributed by atoms with Gasteiger partial charge in [0, 0.05) is 11.3 Å². The summed E-state index contributed by atoms with van der Waals surface area (Å²) in [6.45, 7) is 1.80. The summed E-state index contributed by atoms with van der Waals surface area (Å²) < 4.78 is 0. The van der Waals surface area contributed by atoms with E-state index >= 15 is 0 Å². The van der Waals surface area contributed by atoms with Crippen molar-refractivity contribution in [3.8, 4) is 0 Å². The first-order valence-electron chi connectivity index (χ1n) is 5.52. The van der Waals surface area contributed by atoms with Crippen molar-refractivity contribution in [1.82, 2.24) is 0 Å². The fourth-order valence-electron chi connectivity index (χ4n) is 1.61. The van der Waals surface area contributed by atoms with Gasteiger partial charge in [-0.2, -0.15) is 0 Å². The predicted molar refractivity (Wildman–Crippen MR) is 66.6 cm³/mol. The maximum atomic E-state index is 10.8. The number of rotatable bonds is 5. The van der Waals surface area contributed by atoms with Crippen LogP contribution in [0.4, 0.5) is 0 Å². The quantitative estimate of drug-likeness (QED) is 0.566. The first-order valence-corrected chi connectivity index (χ1v) is 5.52. The first kappa shape index (κ1) is 14.1. The smallest absolute Gasteiger partial charge is 0.310 e. The van der Waals surface area contributed by atoms with Crippen molar-refractivity contribution in [3.63, 3.8) is 0 Å². The molecular formula is C12H16N2O4. The maximum absolute atomic E-state index is 10.8. The molecule has 98 valence electrons. The molecule has 0 heterocycles. The Labute approximate surface area is 105 Å². The van der Waals surface area contributed by atoms with Crippen LogP contribution in [0.1, 0.15) is 19.8 Å². The summed E-state index contributed by atoms with van der Waals surface area (Å²) in [7, 11) is 0. The third-order valence-electron chi connectivity index (χ3n) is 2.60. The fourth-order valence-corrected chi connectivity index (χ4v) is 1.61. The highest BCUT2D eigenvalue weighted by molar-refractivity contribution is 5.67. The minimum absolute atomic E-state index is 0.0796. The number of nitro groups is 1. The molecule has 6 heteroatoms. The van der Waals surface area contributed by atoms with Gasteiger partial charge in [-0.25, -0.2) is 0 Å². The molecule has 0 aromatic heterocycles. The molecule has 3 N–H and O–H groups in total. The Morgan fingerprint density at radius 2 is 2.28 bits per heavy atom. The van der Waals surface area contributed by atoms with Crippen molar-refractivity contribution in [2.45, 2.75) is 31.3 Å². The van der Waals surface area contributed by atoms with Crippen LogP contribution in [0.15, 0.2) is 36.0 Å². The standard InChI is InChI=1S/C12H16N2O4/c1-12(13)5-2-3-9(4-6-12)7-10(14(17)18)8-11(15)16/h2-6,10H,7-8,13H2,1H3,(H,15,16). The second kappa shape index (κ2) is 5.59. The summed E-state index contributed by atoms with van der Waals surface area (Å²) in [6.07, 6.45) is 8.26. The van der Waals surface area contributed by atoms with E-state index in [1.54, 1.807) is 37.3 Å².